The van der Waals surface area contributed by atoms with Crippen molar-refractivity contribution in [2.75, 3.05) is 0 Å². The molecule has 2 nitrogen and oxygen atoms in total. The standard InChI is InChI=1S/C10H18O.C8H14O/c11-10-6-9(7-10)8-4-2-1-3-5-8;9-8-4-7(5-8)6-2-1-3-6/h8-11H,1-7H2;6-9H,1-5H2. The molecule has 4 fully saturated rings. The van der Waals surface area contributed by atoms with Crippen LogP contribution < -0.4 is 0 Å². The van der Waals surface area contributed by atoms with Crippen molar-refractivity contribution < 1.29 is 10.2 Å². The molecular weight excluding hydrogens is 248 g/mol. The lowest BCUT2D eigenvalue weighted by molar-refractivity contribution is -0.00626. The summed E-state index contributed by atoms with van der Waals surface area (Å²) < 4.78 is 0. The van der Waals surface area contributed by atoms with Gasteiger partial charge in [-0.15, -0.1) is 0 Å². The maximum atomic E-state index is 9.15. The molecular formula is C18H32O2. The zero-order chi connectivity index (χ0) is 13.9. The van der Waals surface area contributed by atoms with E-state index in [-0.39, 0.29) is 12.2 Å². The molecule has 0 saturated heterocycles. The minimum absolute atomic E-state index is 0.0573. The number of aliphatic hydroxyl groups is 2. The average Bonchev–Trinajstić information content (AvgIpc) is 2.33. The van der Waals surface area contributed by atoms with E-state index >= 15 is 0 Å². The molecule has 4 aliphatic rings. The van der Waals surface area contributed by atoms with Crippen molar-refractivity contribution in [2.24, 2.45) is 23.7 Å². The lowest BCUT2D eigenvalue weighted by Gasteiger charge is -2.42. The molecule has 20 heavy (non-hydrogen) atoms. The van der Waals surface area contributed by atoms with Crippen LogP contribution in [0.25, 0.3) is 0 Å². The summed E-state index contributed by atoms with van der Waals surface area (Å²) in [7, 11) is 0. The molecule has 0 unspecified atom stereocenters. The summed E-state index contributed by atoms with van der Waals surface area (Å²) >= 11 is 0. The highest BCUT2D eigenvalue weighted by Gasteiger charge is 2.36. The lowest BCUT2D eigenvalue weighted by Crippen LogP contribution is -2.36. The molecule has 4 saturated carbocycles. The van der Waals surface area contributed by atoms with Gasteiger partial charge in [-0.2, -0.15) is 0 Å². The predicted octanol–water partition coefficient (Wildman–Crippen LogP) is 3.90. The van der Waals surface area contributed by atoms with E-state index in [0.717, 1.165) is 49.4 Å². The fraction of sp³-hybridized carbons (Fsp3) is 1.00. The summed E-state index contributed by atoms with van der Waals surface area (Å²) in [5, 5.41) is 18.1. The molecule has 0 aliphatic heterocycles. The van der Waals surface area contributed by atoms with Gasteiger partial charge in [-0.1, -0.05) is 51.4 Å². The molecule has 4 aliphatic carbocycles. The molecule has 0 aromatic carbocycles. The second-order valence-corrected chi connectivity index (χ2v) is 7.86. The normalized spacial score (nSPS) is 41.7. The van der Waals surface area contributed by atoms with Gasteiger partial charge in [0.05, 0.1) is 12.2 Å². The third kappa shape index (κ3) is 3.57. The van der Waals surface area contributed by atoms with E-state index in [9.17, 15) is 0 Å². The third-order valence-electron chi connectivity index (χ3n) is 6.43. The van der Waals surface area contributed by atoms with Gasteiger partial charge in [0, 0.05) is 0 Å². The van der Waals surface area contributed by atoms with Gasteiger partial charge in [0.15, 0.2) is 0 Å². The lowest BCUT2D eigenvalue weighted by atomic mass is 9.66. The SMILES string of the molecule is OC1CC(C2CCC2)C1.OC1CC(C2CCCCC2)C1. The van der Waals surface area contributed by atoms with Crippen LogP contribution in [0.3, 0.4) is 0 Å². The summed E-state index contributed by atoms with van der Waals surface area (Å²) in [6.45, 7) is 0. The molecule has 0 heterocycles. The van der Waals surface area contributed by atoms with Crippen LogP contribution >= 0.6 is 0 Å². The summed E-state index contributed by atoms with van der Waals surface area (Å²) in [6, 6.07) is 0. The highest BCUT2D eigenvalue weighted by atomic mass is 16.3. The Morgan fingerprint density at radius 3 is 1.15 bits per heavy atom. The zero-order valence-electron chi connectivity index (χ0n) is 12.8. The Kier molecular flexibility index (Phi) is 5.04. The Hall–Kier alpha value is -0.0800. The average molecular weight is 280 g/mol. The van der Waals surface area contributed by atoms with Crippen LogP contribution in [0.5, 0.6) is 0 Å². The smallest absolute Gasteiger partial charge is 0.0545 e. The van der Waals surface area contributed by atoms with Crippen LogP contribution in [0.1, 0.15) is 77.0 Å². The van der Waals surface area contributed by atoms with Gasteiger partial charge in [-0.3, -0.25) is 0 Å². The first-order valence-corrected chi connectivity index (χ1v) is 9.08. The highest BCUT2D eigenvalue weighted by Crippen LogP contribution is 2.43. The van der Waals surface area contributed by atoms with Gasteiger partial charge in [-0.05, 0) is 49.4 Å². The topological polar surface area (TPSA) is 40.5 Å². The van der Waals surface area contributed by atoms with Crippen molar-refractivity contribution in [1.82, 2.24) is 0 Å². The van der Waals surface area contributed by atoms with Crippen molar-refractivity contribution >= 4 is 0 Å². The van der Waals surface area contributed by atoms with E-state index < -0.39 is 0 Å². The fourth-order valence-electron chi connectivity index (χ4n) is 4.55. The maximum absolute atomic E-state index is 9.15. The van der Waals surface area contributed by atoms with Crippen LogP contribution in [-0.4, -0.2) is 22.4 Å². The Bertz CT molecular complexity index is 282. The largest absolute Gasteiger partial charge is 0.393 e. The van der Waals surface area contributed by atoms with E-state index in [1.54, 1.807) is 0 Å². The van der Waals surface area contributed by atoms with Gasteiger partial charge in [-0.25, -0.2) is 0 Å². The maximum Gasteiger partial charge on any atom is 0.0545 e. The monoisotopic (exact) mass is 280 g/mol. The number of rotatable bonds is 2. The van der Waals surface area contributed by atoms with E-state index in [1.165, 1.54) is 51.4 Å². The van der Waals surface area contributed by atoms with Crippen LogP contribution in [0.2, 0.25) is 0 Å². The van der Waals surface area contributed by atoms with Gasteiger partial charge in [0.25, 0.3) is 0 Å². The van der Waals surface area contributed by atoms with E-state index in [1.807, 2.05) is 0 Å². The van der Waals surface area contributed by atoms with Gasteiger partial charge in [0.1, 0.15) is 0 Å². The molecule has 2 N–H and O–H groups in total. The van der Waals surface area contributed by atoms with Crippen molar-refractivity contribution in [3.8, 4) is 0 Å². The van der Waals surface area contributed by atoms with Crippen LogP contribution in [0.4, 0.5) is 0 Å². The number of hydrogen-bond acceptors (Lipinski definition) is 2. The van der Waals surface area contributed by atoms with E-state index in [4.69, 9.17) is 10.2 Å². The highest BCUT2D eigenvalue weighted by molar-refractivity contribution is 4.87. The summed E-state index contributed by atoms with van der Waals surface area (Å²) in [6.07, 6.45) is 16.1. The van der Waals surface area contributed by atoms with Crippen LogP contribution in [-0.2, 0) is 0 Å². The van der Waals surface area contributed by atoms with Crippen molar-refractivity contribution in [3.05, 3.63) is 0 Å². The van der Waals surface area contributed by atoms with Gasteiger partial charge in [0.2, 0.25) is 0 Å². The zero-order valence-corrected chi connectivity index (χ0v) is 12.8. The molecule has 0 atom stereocenters. The molecule has 0 amide bonds. The number of hydrogen-bond donors (Lipinski definition) is 2. The molecule has 0 aromatic rings. The second-order valence-electron chi connectivity index (χ2n) is 7.86. The summed E-state index contributed by atoms with van der Waals surface area (Å²) in [5.74, 6) is 3.79. The molecule has 0 spiro atoms. The molecule has 0 radical (unpaired) electrons. The van der Waals surface area contributed by atoms with Crippen LogP contribution in [0, 0.1) is 23.7 Å². The van der Waals surface area contributed by atoms with Crippen LogP contribution in [0.15, 0.2) is 0 Å². The quantitative estimate of drug-likeness (QED) is 0.805. The summed E-state index contributed by atoms with van der Waals surface area (Å²) in [4.78, 5) is 0. The molecule has 4 rings (SSSR count). The predicted molar refractivity (Wildman–Crippen MR) is 81.4 cm³/mol. The minimum Gasteiger partial charge on any atom is -0.393 e. The Morgan fingerprint density at radius 2 is 0.850 bits per heavy atom. The minimum atomic E-state index is 0.0573. The van der Waals surface area contributed by atoms with Crippen molar-refractivity contribution in [3.63, 3.8) is 0 Å². The molecule has 2 heteroatoms. The first-order valence-electron chi connectivity index (χ1n) is 9.08. The Labute approximate surface area is 124 Å². The number of aliphatic hydroxyl groups excluding tert-OH is 2. The Morgan fingerprint density at radius 1 is 0.450 bits per heavy atom. The first-order chi connectivity index (χ1) is 9.72. The third-order valence-corrected chi connectivity index (χ3v) is 6.43. The molecule has 0 aromatic heterocycles. The van der Waals surface area contributed by atoms with Crippen molar-refractivity contribution in [2.45, 2.75) is 89.3 Å². The van der Waals surface area contributed by atoms with Crippen molar-refractivity contribution in [1.29, 1.82) is 0 Å². The van der Waals surface area contributed by atoms with E-state index in [0.29, 0.717) is 0 Å². The van der Waals surface area contributed by atoms with Gasteiger partial charge >= 0.3 is 0 Å². The van der Waals surface area contributed by atoms with Gasteiger partial charge < -0.3 is 10.2 Å². The molecule has 116 valence electrons. The summed E-state index contributed by atoms with van der Waals surface area (Å²) in [5.41, 5.74) is 0. The fourth-order valence-corrected chi connectivity index (χ4v) is 4.55. The Balaban J connectivity index is 0.000000123. The molecule has 0 bridgehead atoms. The first kappa shape index (κ1) is 14.8. The van der Waals surface area contributed by atoms with E-state index in [2.05, 4.69) is 0 Å². The second kappa shape index (κ2) is 6.79.